The van der Waals surface area contributed by atoms with E-state index in [1.807, 2.05) is 0 Å². The lowest BCUT2D eigenvalue weighted by Gasteiger charge is -2.17. The second-order valence-corrected chi connectivity index (χ2v) is 7.83. The SMILES string of the molecule is O=C(c1cc(Cl)c(COc2cnc(OCC(F)(F)C(F)F)c(Cl)c2)cc1F)N1CCCC1. The summed E-state index contributed by atoms with van der Waals surface area (Å²) < 4.78 is 74.8. The molecule has 1 aliphatic rings. The molecule has 174 valence electrons. The molecule has 12 heteroatoms. The Kier molecular flexibility index (Phi) is 7.66. The van der Waals surface area contributed by atoms with Gasteiger partial charge >= 0.3 is 12.3 Å². The molecule has 1 saturated heterocycles. The molecule has 0 radical (unpaired) electrons. The quantitative estimate of drug-likeness (QED) is 0.443. The normalized spacial score (nSPS) is 14.2. The molecule has 1 aromatic carbocycles. The van der Waals surface area contributed by atoms with Gasteiger partial charge < -0.3 is 14.4 Å². The van der Waals surface area contributed by atoms with Crippen molar-refractivity contribution >= 4 is 29.1 Å². The van der Waals surface area contributed by atoms with Crippen molar-refractivity contribution in [1.29, 1.82) is 0 Å². The Bertz CT molecular complexity index is 988. The number of carbonyl (C=O) groups excluding carboxylic acids is 1. The number of hydrogen-bond acceptors (Lipinski definition) is 4. The maximum atomic E-state index is 14.5. The number of likely N-dealkylation sites (tertiary alicyclic amines) is 1. The van der Waals surface area contributed by atoms with Crippen LogP contribution in [0.2, 0.25) is 10.0 Å². The number of hydrogen-bond donors (Lipinski definition) is 0. The number of carbonyl (C=O) groups is 1. The van der Waals surface area contributed by atoms with Crippen molar-refractivity contribution in [3.63, 3.8) is 0 Å². The first-order chi connectivity index (χ1) is 15.1. The van der Waals surface area contributed by atoms with Crippen LogP contribution in [0.15, 0.2) is 24.4 Å². The summed E-state index contributed by atoms with van der Waals surface area (Å²) in [5.41, 5.74) is 0.114. The molecule has 0 aliphatic carbocycles. The van der Waals surface area contributed by atoms with Gasteiger partial charge in [-0.15, -0.1) is 0 Å². The number of aromatic nitrogens is 1. The third kappa shape index (κ3) is 5.72. The van der Waals surface area contributed by atoms with Crippen molar-refractivity contribution < 1.29 is 36.2 Å². The van der Waals surface area contributed by atoms with Crippen LogP contribution in [0, 0.1) is 5.82 Å². The van der Waals surface area contributed by atoms with E-state index in [-0.39, 0.29) is 33.5 Å². The minimum Gasteiger partial charge on any atom is -0.487 e. The Balaban J connectivity index is 1.64. The summed E-state index contributed by atoms with van der Waals surface area (Å²) in [6.45, 7) is -0.688. The van der Waals surface area contributed by atoms with Gasteiger partial charge in [0, 0.05) is 29.7 Å². The van der Waals surface area contributed by atoms with Crippen LogP contribution in [0.25, 0.3) is 0 Å². The van der Waals surface area contributed by atoms with Gasteiger partial charge in [0.05, 0.1) is 11.8 Å². The van der Waals surface area contributed by atoms with Crippen LogP contribution < -0.4 is 9.47 Å². The van der Waals surface area contributed by atoms with Crippen molar-refractivity contribution in [2.75, 3.05) is 19.7 Å². The van der Waals surface area contributed by atoms with Crippen LogP contribution in [0.3, 0.4) is 0 Å². The van der Waals surface area contributed by atoms with Crippen LogP contribution in [-0.4, -0.2) is 47.8 Å². The molecule has 0 atom stereocenters. The number of nitrogens with zero attached hydrogens (tertiary/aromatic N) is 2. The smallest absolute Gasteiger partial charge is 0.340 e. The highest BCUT2D eigenvalue weighted by atomic mass is 35.5. The molecule has 0 saturated carbocycles. The summed E-state index contributed by atoms with van der Waals surface area (Å²) in [5.74, 6) is -5.95. The van der Waals surface area contributed by atoms with Gasteiger partial charge in [0.25, 0.3) is 5.91 Å². The van der Waals surface area contributed by atoms with Gasteiger partial charge in [-0.05, 0) is 25.0 Å². The van der Waals surface area contributed by atoms with Crippen molar-refractivity contribution in [3.8, 4) is 11.6 Å². The van der Waals surface area contributed by atoms with E-state index in [0.717, 1.165) is 25.1 Å². The maximum absolute atomic E-state index is 14.5. The summed E-state index contributed by atoms with van der Waals surface area (Å²) >= 11 is 12.0. The number of amides is 1. The predicted molar refractivity (Wildman–Crippen MR) is 107 cm³/mol. The lowest BCUT2D eigenvalue weighted by Crippen LogP contribution is -2.33. The van der Waals surface area contributed by atoms with E-state index in [0.29, 0.717) is 13.1 Å². The second kappa shape index (κ2) is 10.1. The monoisotopic (exact) mass is 498 g/mol. The highest BCUT2D eigenvalue weighted by molar-refractivity contribution is 6.32. The summed E-state index contributed by atoms with van der Waals surface area (Å²) in [7, 11) is 0. The number of pyridine rings is 1. The van der Waals surface area contributed by atoms with E-state index in [1.165, 1.54) is 12.1 Å². The average Bonchev–Trinajstić information content (AvgIpc) is 3.27. The van der Waals surface area contributed by atoms with Gasteiger partial charge in [-0.2, -0.15) is 8.78 Å². The van der Waals surface area contributed by atoms with E-state index in [1.54, 1.807) is 4.90 Å². The van der Waals surface area contributed by atoms with Crippen molar-refractivity contribution in [2.24, 2.45) is 0 Å². The van der Waals surface area contributed by atoms with Crippen LogP contribution in [0.5, 0.6) is 11.6 Å². The number of rotatable bonds is 8. The zero-order valence-corrected chi connectivity index (χ0v) is 17.9. The van der Waals surface area contributed by atoms with E-state index < -0.39 is 36.6 Å². The minimum absolute atomic E-state index is 0.0664. The Morgan fingerprint density at radius 3 is 2.44 bits per heavy atom. The molecule has 2 heterocycles. The highest BCUT2D eigenvalue weighted by Gasteiger charge is 2.42. The molecular weight excluding hydrogens is 482 g/mol. The maximum Gasteiger partial charge on any atom is 0.340 e. The van der Waals surface area contributed by atoms with Gasteiger partial charge in [0.2, 0.25) is 5.88 Å². The lowest BCUT2D eigenvalue weighted by molar-refractivity contribution is -0.148. The summed E-state index contributed by atoms with van der Waals surface area (Å²) in [5, 5.41) is -0.140. The molecule has 0 bridgehead atoms. The van der Waals surface area contributed by atoms with Gasteiger partial charge in [-0.25, -0.2) is 18.2 Å². The van der Waals surface area contributed by atoms with Crippen LogP contribution in [0.1, 0.15) is 28.8 Å². The first kappa shape index (κ1) is 24.3. The van der Waals surface area contributed by atoms with E-state index in [9.17, 15) is 26.7 Å². The number of halogens is 7. The first-order valence-electron chi connectivity index (χ1n) is 9.43. The zero-order chi connectivity index (χ0) is 23.5. The van der Waals surface area contributed by atoms with E-state index in [4.69, 9.17) is 27.9 Å². The number of ether oxygens (including phenoxy) is 2. The molecule has 0 unspecified atom stereocenters. The molecule has 2 aromatic rings. The molecular formula is C20H17Cl2F5N2O3. The molecule has 1 amide bonds. The molecule has 3 rings (SSSR count). The summed E-state index contributed by atoms with van der Waals surface area (Å²) in [6.07, 6.45) is -1.10. The minimum atomic E-state index is -4.36. The van der Waals surface area contributed by atoms with Gasteiger partial charge in [-0.3, -0.25) is 4.79 Å². The number of alkyl halides is 4. The van der Waals surface area contributed by atoms with E-state index >= 15 is 0 Å². The van der Waals surface area contributed by atoms with Crippen LogP contribution in [0.4, 0.5) is 22.0 Å². The van der Waals surface area contributed by atoms with Crippen molar-refractivity contribution in [2.45, 2.75) is 31.8 Å². The fourth-order valence-electron chi connectivity index (χ4n) is 2.93. The van der Waals surface area contributed by atoms with Crippen LogP contribution >= 0.6 is 23.2 Å². The molecule has 1 aromatic heterocycles. The highest BCUT2D eigenvalue weighted by Crippen LogP contribution is 2.30. The van der Waals surface area contributed by atoms with Gasteiger partial charge in [-0.1, -0.05) is 23.2 Å². The number of benzene rings is 1. The Morgan fingerprint density at radius 1 is 1.12 bits per heavy atom. The Morgan fingerprint density at radius 2 is 1.81 bits per heavy atom. The third-order valence-corrected chi connectivity index (χ3v) is 5.28. The summed E-state index contributed by atoms with van der Waals surface area (Å²) in [6, 6.07) is 3.49. The van der Waals surface area contributed by atoms with Crippen LogP contribution in [-0.2, 0) is 6.61 Å². The van der Waals surface area contributed by atoms with Gasteiger partial charge in [0.1, 0.15) is 23.2 Å². The largest absolute Gasteiger partial charge is 0.487 e. The fourth-order valence-corrected chi connectivity index (χ4v) is 3.36. The molecule has 1 fully saturated rings. The molecule has 0 spiro atoms. The molecule has 32 heavy (non-hydrogen) atoms. The first-order valence-corrected chi connectivity index (χ1v) is 10.2. The summed E-state index contributed by atoms with van der Waals surface area (Å²) in [4.78, 5) is 17.6. The van der Waals surface area contributed by atoms with Crippen molar-refractivity contribution in [3.05, 3.63) is 51.4 Å². The Hall–Kier alpha value is -2.33. The second-order valence-electron chi connectivity index (χ2n) is 7.02. The van der Waals surface area contributed by atoms with E-state index in [2.05, 4.69) is 9.72 Å². The average molecular weight is 499 g/mol. The fraction of sp³-hybridized carbons (Fsp3) is 0.400. The predicted octanol–water partition coefficient (Wildman–Crippen LogP) is 5.62. The standard InChI is InChI=1S/C20H17Cl2F5N2O3/c21-14-7-13(18(30)29-3-1-2-4-29)16(23)5-11(14)9-31-12-6-15(22)17(28-8-12)32-10-20(26,27)19(24)25/h5-8,19H,1-4,9-10H2. The van der Waals surface area contributed by atoms with Gasteiger partial charge in [0.15, 0.2) is 6.61 Å². The molecule has 0 N–H and O–H groups in total. The molecule has 5 nitrogen and oxygen atoms in total. The molecule has 1 aliphatic heterocycles. The topological polar surface area (TPSA) is 51.7 Å². The Labute approximate surface area is 190 Å². The zero-order valence-electron chi connectivity index (χ0n) is 16.4. The third-order valence-electron chi connectivity index (χ3n) is 4.66. The lowest BCUT2D eigenvalue weighted by atomic mass is 10.1. The van der Waals surface area contributed by atoms with Crippen molar-refractivity contribution in [1.82, 2.24) is 9.88 Å².